The number of benzene rings is 1. The molecule has 0 spiro atoms. The van der Waals surface area contributed by atoms with Crippen LogP contribution in [0.3, 0.4) is 0 Å². The normalized spacial score (nSPS) is 10.9. The third-order valence-electron chi connectivity index (χ3n) is 2.20. The fourth-order valence-electron chi connectivity index (χ4n) is 1.61. The van der Waals surface area contributed by atoms with Crippen molar-refractivity contribution in [2.45, 2.75) is 13.8 Å². The van der Waals surface area contributed by atoms with E-state index in [-0.39, 0.29) is 0 Å². The van der Waals surface area contributed by atoms with Gasteiger partial charge in [0.15, 0.2) is 0 Å². The second kappa shape index (κ2) is 3.52. The topological polar surface area (TPSA) is 12.9 Å². The maximum Gasteiger partial charge on any atom is 0.0743 e. The lowest BCUT2D eigenvalue weighted by Gasteiger charge is -2.06. The molecular formula is C11H9BrClN. The standard InChI is InChI=1S/C11H9BrClN/c1-6-3-7(2)11-8(4-6)10(12)9(13)5-14-11/h3-5H,1-2H3. The van der Waals surface area contributed by atoms with Crippen LogP contribution in [0.2, 0.25) is 5.02 Å². The number of nitrogens with zero attached hydrogens (tertiary/aromatic N) is 1. The number of rotatable bonds is 0. The van der Waals surface area contributed by atoms with Crippen LogP contribution in [-0.2, 0) is 0 Å². The summed E-state index contributed by atoms with van der Waals surface area (Å²) in [6.07, 6.45) is 1.68. The molecule has 0 bridgehead atoms. The Bertz CT molecular complexity index is 508. The zero-order chi connectivity index (χ0) is 10.3. The average Bonchev–Trinajstić information content (AvgIpc) is 2.12. The Morgan fingerprint density at radius 1 is 1.29 bits per heavy atom. The molecule has 0 fully saturated rings. The largest absolute Gasteiger partial charge is 0.254 e. The van der Waals surface area contributed by atoms with Crippen molar-refractivity contribution >= 4 is 38.4 Å². The average molecular weight is 271 g/mol. The number of aromatic nitrogens is 1. The highest BCUT2D eigenvalue weighted by Crippen LogP contribution is 2.31. The third-order valence-corrected chi connectivity index (χ3v) is 3.57. The minimum Gasteiger partial charge on any atom is -0.254 e. The molecule has 2 rings (SSSR count). The van der Waals surface area contributed by atoms with Gasteiger partial charge in [-0.3, -0.25) is 4.98 Å². The lowest BCUT2D eigenvalue weighted by Crippen LogP contribution is -1.87. The van der Waals surface area contributed by atoms with Crippen molar-refractivity contribution < 1.29 is 0 Å². The van der Waals surface area contributed by atoms with Crippen LogP contribution in [0.5, 0.6) is 0 Å². The molecule has 3 heteroatoms. The highest BCUT2D eigenvalue weighted by Gasteiger charge is 2.06. The lowest BCUT2D eigenvalue weighted by atomic mass is 10.1. The molecule has 0 N–H and O–H groups in total. The second-order valence-electron chi connectivity index (χ2n) is 3.40. The Morgan fingerprint density at radius 2 is 2.00 bits per heavy atom. The van der Waals surface area contributed by atoms with Gasteiger partial charge in [-0.15, -0.1) is 0 Å². The summed E-state index contributed by atoms with van der Waals surface area (Å²) in [6, 6.07) is 4.21. The van der Waals surface area contributed by atoms with E-state index in [1.54, 1.807) is 6.20 Å². The first-order chi connectivity index (χ1) is 6.59. The molecule has 72 valence electrons. The summed E-state index contributed by atoms with van der Waals surface area (Å²) >= 11 is 9.46. The molecule has 0 aliphatic rings. The van der Waals surface area contributed by atoms with Gasteiger partial charge in [0, 0.05) is 16.1 Å². The maximum atomic E-state index is 5.98. The molecule has 1 nitrogen and oxygen atoms in total. The maximum absolute atomic E-state index is 5.98. The first-order valence-electron chi connectivity index (χ1n) is 4.30. The van der Waals surface area contributed by atoms with Crippen LogP contribution in [0.15, 0.2) is 22.8 Å². The van der Waals surface area contributed by atoms with Gasteiger partial charge in [0.05, 0.1) is 10.5 Å². The van der Waals surface area contributed by atoms with E-state index in [0.717, 1.165) is 15.4 Å². The van der Waals surface area contributed by atoms with Crippen LogP contribution in [0.1, 0.15) is 11.1 Å². The van der Waals surface area contributed by atoms with Gasteiger partial charge in [0.25, 0.3) is 0 Å². The lowest BCUT2D eigenvalue weighted by molar-refractivity contribution is 1.33. The quantitative estimate of drug-likeness (QED) is 0.697. The molecule has 1 aromatic heterocycles. The van der Waals surface area contributed by atoms with E-state index in [1.165, 1.54) is 11.1 Å². The zero-order valence-electron chi connectivity index (χ0n) is 7.94. The predicted octanol–water partition coefficient (Wildman–Crippen LogP) is 4.27. The molecule has 0 aliphatic heterocycles. The van der Waals surface area contributed by atoms with Crippen LogP contribution in [0, 0.1) is 13.8 Å². The van der Waals surface area contributed by atoms with Crippen molar-refractivity contribution in [2.24, 2.45) is 0 Å². The van der Waals surface area contributed by atoms with E-state index >= 15 is 0 Å². The monoisotopic (exact) mass is 269 g/mol. The Morgan fingerprint density at radius 3 is 2.71 bits per heavy atom. The van der Waals surface area contributed by atoms with E-state index in [1.807, 2.05) is 0 Å². The molecule has 1 heterocycles. The molecule has 14 heavy (non-hydrogen) atoms. The van der Waals surface area contributed by atoms with Crippen molar-refractivity contribution in [1.29, 1.82) is 0 Å². The zero-order valence-corrected chi connectivity index (χ0v) is 10.3. The molecule has 0 atom stereocenters. The van der Waals surface area contributed by atoms with Gasteiger partial charge in [-0.1, -0.05) is 23.2 Å². The van der Waals surface area contributed by atoms with Crippen LogP contribution in [0.4, 0.5) is 0 Å². The fourth-order valence-corrected chi connectivity index (χ4v) is 2.16. The summed E-state index contributed by atoms with van der Waals surface area (Å²) in [5.41, 5.74) is 3.41. The van der Waals surface area contributed by atoms with Gasteiger partial charge in [0.2, 0.25) is 0 Å². The number of fused-ring (bicyclic) bond motifs is 1. The third kappa shape index (κ3) is 1.53. The van der Waals surface area contributed by atoms with Crippen molar-refractivity contribution in [2.75, 3.05) is 0 Å². The molecule has 0 radical (unpaired) electrons. The van der Waals surface area contributed by atoms with Gasteiger partial charge in [0.1, 0.15) is 0 Å². The minimum atomic E-state index is 0.655. The summed E-state index contributed by atoms with van der Waals surface area (Å²) < 4.78 is 0.927. The van der Waals surface area contributed by atoms with Gasteiger partial charge >= 0.3 is 0 Å². The molecule has 1 aromatic carbocycles. The Kier molecular flexibility index (Phi) is 2.50. The Hall–Kier alpha value is -0.600. The Labute approximate surface area is 96.2 Å². The SMILES string of the molecule is Cc1cc(C)c2ncc(Cl)c(Br)c2c1. The molecule has 0 amide bonds. The highest BCUT2D eigenvalue weighted by atomic mass is 79.9. The summed E-state index contributed by atoms with van der Waals surface area (Å²) in [5.74, 6) is 0. The first kappa shape index (κ1) is 9.94. The number of hydrogen-bond donors (Lipinski definition) is 0. The van der Waals surface area contributed by atoms with Gasteiger partial charge in [-0.25, -0.2) is 0 Å². The van der Waals surface area contributed by atoms with E-state index in [4.69, 9.17) is 11.6 Å². The molecule has 0 saturated carbocycles. The summed E-state index contributed by atoms with van der Waals surface area (Å²) in [7, 11) is 0. The van der Waals surface area contributed by atoms with Gasteiger partial charge in [-0.2, -0.15) is 0 Å². The fraction of sp³-hybridized carbons (Fsp3) is 0.182. The second-order valence-corrected chi connectivity index (χ2v) is 4.60. The number of halogens is 2. The van der Waals surface area contributed by atoms with Crippen LogP contribution in [0.25, 0.3) is 10.9 Å². The van der Waals surface area contributed by atoms with Crippen LogP contribution >= 0.6 is 27.5 Å². The molecule has 0 unspecified atom stereocenters. The molecular weight excluding hydrogens is 261 g/mol. The number of hydrogen-bond acceptors (Lipinski definition) is 1. The van der Waals surface area contributed by atoms with Gasteiger partial charge < -0.3 is 0 Å². The first-order valence-corrected chi connectivity index (χ1v) is 5.47. The van der Waals surface area contributed by atoms with E-state index in [9.17, 15) is 0 Å². The summed E-state index contributed by atoms with van der Waals surface area (Å²) in [6.45, 7) is 4.13. The summed E-state index contributed by atoms with van der Waals surface area (Å²) in [4.78, 5) is 4.32. The van der Waals surface area contributed by atoms with Crippen LogP contribution < -0.4 is 0 Å². The smallest absolute Gasteiger partial charge is 0.0743 e. The number of pyridine rings is 1. The van der Waals surface area contributed by atoms with E-state index in [2.05, 4.69) is 46.9 Å². The molecule has 0 aliphatic carbocycles. The van der Waals surface area contributed by atoms with Crippen molar-refractivity contribution in [1.82, 2.24) is 4.98 Å². The van der Waals surface area contributed by atoms with Gasteiger partial charge in [-0.05, 0) is 41.4 Å². The van der Waals surface area contributed by atoms with Crippen molar-refractivity contribution in [3.8, 4) is 0 Å². The highest BCUT2D eigenvalue weighted by molar-refractivity contribution is 9.10. The van der Waals surface area contributed by atoms with E-state index in [0.29, 0.717) is 5.02 Å². The van der Waals surface area contributed by atoms with E-state index < -0.39 is 0 Å². The Balaban J connectivity index is 2.95. The molecule has 0 saturated heterocycles. The molecule has 2 aromatic rings. The minimum absolute atomic E-state index is 0.655. The predicted molar refractivity (Wildman–Crippen MR) is 63.9 cm³/mol. The number of aryl methyl sites for hydroxylation is 2. The summed E-state index contributed by atoms with van der Waals surface area (Å²) in [5, 5.41) is 1.73. The van der Waals surface area contributed by atoms with Crippen molar-refractivity contribution in [3.63, 3.8) is 0 Å². The van der Waals surface area contributed by atoms with Crippen molar-refractivity contribution in [3.05, 3.63) is 39.0 Å². The van der Waals surface area contributed by atoms with Crippen LogP contribution in [-0.4, -0.2) is 4.98 Å².